The number of nitrogens with zero attached hydrogens (tertiary/aromatic N) is 2. The zero-order chi connectivity index (χ0) is 26.5. The van der Waals surface area contributed by atoms with E-state index in [1.54, 1.807) is 18.3 Å². The van der Waals surface area contributed by atoms with Gasteiger partial charge in [-0.25, -0.2) is 4.99 Å². The number of hydrogen-bond acceptors (Lipinski definition) is 7. The highest BCUT2D eigenvalue weighted by Crippen LogP contribution is 2.36. The van der Waals surface area contributed by atoms with E-state index in [0.717, 1.165) is 11.1 Å². The Kier molecular flexibility index (Phi) is 6.41. The van der Waals surface area contributed by atoms with E-state index in [1.807, 2.05) is 38.1 Å². The molecule has 10 heteroatoms. The summed E-state index contributed by atoms with van der Waals surface area (Å²) in [7, 11) is 0. The predicted octanol–water partition coefficient (Wildman–Crippen LogP) is 3.15. The van der Waals surface area contributed by atoms with Crippen LogP contribution in [0.2, 0.25) is 0 Å². The van der Waals surface area contributed by atoms with E-state index in [2.05, 4.69) is 28.8 Å². The zero-order valence-electron chi connectivity index (χ0n) is 21.1. The number of thiophene rings is 1. The van der Waals surface area contributed by atoms with Crippen molar-refractivity contribution in [3.63, 3.8) is 0 Å². The zero-order valence-corrected chi connectivity index (χ0v) is 22.0. The van der Waals surface area contributed by atoms with Crippen molar-refractivity contribution < 1.29 is 19.2 Å². The van der Waals surface area contributed by atoms with Gasteiger partial charge in [-0.2, -0.15) is 5.16 Å². The number of H-pyrrole nitrogens is 1. The van der Waals surface area contributed by atoms with Crippen LogP contribution < -0.4 is 10.9 Å². The van der Waals surface area contributed by atoms with Gasteiger partial charge in [0.15, 0.2) is 11.3 Å². The minimum Gasteiger partial charge on any atom is -0.391 e. The summed E-state index contributed by atoms with van der Waals surface area (Å²) in [5, 5.41) is 17.7. The predicted molar refractivity (Wildman–Crippen MR) is 140 cm³/mol. The van der Waals surface area contributed by atoms with Gasteiger partial charge in [-0.3, -0.25) is 14.4 Å². The number of likely N-dealkylation sites (tertiary alicyclic amines) is 1. The molecule has 0 unspecified atom stereocenters. The van der Waals surface area contributed by atoms with Crippen molar-refractivity contribution >= 4 is 29.0 Å². The van der Waals surface area contributed by atoms with Crippen LogP contribution in [0.1, 0.15) is 50.0 Å². The number of aliphatic imine (C=N–C) groups is 1. The summed E-state index contributed by atoms with van der Waals surface area (Å²) in [5.74, 6) is -0.860. The van der Waals surface area contributed by atoms with Gasteiger partial charge in [0.1, 0.15) is 11.8 Å². The Morgan fingerprint density at radius 2 is 1.97 bits per heavy atom. The van der Waals surface area contributed by atoms with Crippen molar-refractivity contribution in [1.82, 2.24) is 15.4 Å². The minimum absolute atomic E-state index is 0.0990. The van der Waals surface area contributed by atoms with Gasteiger partial charge in [0.05, 0.1) is 12.1 Å². The van der Waals surface area contributed by atoms with Crippen LogP contribution in [0.4, 0.5) is 0 Å². The number of aryl methyl sites for hydroxylation is 1. The number of aromatic amines is 1. The van der Waals surface area contributed by atoms with E-state index in [9.17, 15) is 19.5 Å². The molecule has 2 aromatic heterocycles. The summed E-state index contributed by atoms with van der Waals surface area (Å²) in [5.41, 5.74) is 1.43. The number of β-amino-alcohol motifs (C(OH)–C–C–N with tert-alkyl or cyclic N) is 1. The molecule has 2 amide bonds. The number of nitrogens with one attached hydrogen (secondary N) is 2. The summed E-state index contributed by atoms with van der Waals surface area (Å²) in [4.78, 5) is 46.0. The molecule has 1 fully saturated rings. The number of carbonyl (C=O) groups excluding carboxylic acids is 2. The maximum absolute atomic E-state index is 13.7. The Balaban J connectivity index is 1.44. The molecule has 0 bridgehead atoms. The van der Waals surface area contributed by atoms with Gasteiger partial charge >= 0.3 is 0 Å². The lowest BCUT2D eigenvalue weighted by molar-refractivity contribution is -0.134. The third-order valence-corrected chi connectivity index (χ3v) is 8.32. The Morgan fingerprint density at radius 3 is 2.57 bits per heavy atom. The molecule has 0 aliphatic carbocycles. The molecule has 37 heavy (non-hydrogen) atoms. The Bertz CT molecular complexity index is 1420. The number of aliphatic hydroxyl groups is 1. The van der Waals surface area contributed by atoms with E-state index in [-0.39, 0.29) is 36.5 Å². The van der Waals surface area contributed by atoms with Crippen LogP contribution >= 0.6 is 11.3 Å². The number of hydrogen-bond donors (Lipinski definition) is 3. The van der Waals surface area contributed by atoms with E-state index in [0.29, 0.717) is 5.84 Å². The SMILES string of the molecule is Cc1ccsc1-c1ccc([C@]2(C)N=C([C@@H]3C[C@@H](O)CN3C(=O)[C@H](c3cc(=O)[nH]o3)C(C)C)NC2=O)cc1. The maximum Gasteiger partial charge on any atom is 0.280 e. The maximum atomic E-state index is 13.7. The first-order chi connectivity index (χ1) is 17.6. The fourth-order valence-corrected chi connectivity index (χ4v) is 6.14. The van der Waals surface area contributed by atoms with E-state index in [4.69, 9.17) is 9.52 Å². The van der Waals surface area contributed by atoms with Crippen molar-refractivity contribution in [2.24, 2.45) is 10.9 Å². The van der Waals surface area contributed by atoms with Gasteiger partial charge < -0.3 is 19.8 Å². The van der Waals surface area contributed by atoms with E-state index in [1.165, 1.54) is 21.4 Å². The average Bonchev–Trinajstić information content (AvgIpc) is 3.62. The molecular weight excluding hydrogens is 492 g/mol. The molecule has 9 nitrogen and oxygen atoms in total. The van der Waals surface area contributed by atoms with Crippen molar-refractivity contribution in [2.45, 2.75) is 57.7 Å². The minimum atomic E-state index is -1.16. The number of rotatable bonds is 6. The van der Waals surface area contributed by atoms with Crippen molar-refractivity contribution in [3.8, 4) is 10.4 Å². The third kappa shape index (κ3) is 4.44. The first-order valence-electron chi connectivity index (χ1n) is 12.3. The molecule has 3 aromatic rings. The van der Waals surface area contributed by atoms with Crippen molar-refractivity contribution in [2.75, 3.05) is 6.54 Å². The summed E-state index contributed by atoms with van der Waals surface area (Å²) in [6.07, 6.45) is -0.515. The van der Waals surface area contributed by atoms with Crippen molar-refractivity contribution in [3.05, 3.63) is 69.0 Å². The summed E-state index contributed by atoms with van der Waals surface area (Å²) < 4.78 is 5.26. The van der Waals surface area contributed by atoms with E-state index < -0.39 is 29.2 Å². The number of aliphatic hydroxyl groups excluding tert-OH is 1. The highest BCUT2D eigenvalue weighted by molar-refractivity contribution is 7.13. The van der Waals surface area contributed by atoms with Crippen LogP contribution in [-0.2, 0) is 15.1 Å². The van der Waals surface area contributed by atoms with Crippen LogP contribution in [-0.4, -0.2) is 51.5 Å². The lowest BCUT2D eigenvalue weighted by atomic mass is 9.91. The number of amides is 2. The fourth-order valence-electron chi connectivity index (χ4n) is 5.21. The molecule has 1 aromatic carbocycles. The summed E-state index contributed by atoms with van der Waals surface area (Å²) in [6.45, 7) is 7.65. The van der Waals surface area contributed by atoms with Crippen LogP contribution in [0.15, 0.2) is 56.1 Å². The molecular formula is C27H30N4O5S. The molecule has 1 saturated heterocycles. The van der Waals surface area contributed by atoms with Gasteiger partial charge in [-0.1, -0.05) is 38.1 Å². The standard InChI is InChI=1S/C27H30N4O5S/c1-14(2)22(20-12-21(33)30-36-20)25(34)31-13-18(32)11-19(31)24-28-26(35)27(4,29-24)17-7-5-16(6-8-17)23-15(3)9-10-37-23/h5-10,12,14,18-19,22,32H,11,13H2,1-4H3,(H,30,33)(H,28,29,35)/t18-,19+,22+,27+/m1/s1. The molecule has 5 rings (SSSR count). The Morgan fingerprint density at radius 1 is 1.24 bits per heavy atom. The highest BCUT2D eigenvalue weighted by Gasteiger charge is 2.48. The van der Waals surface area contributed by atoms with Crippen LogP contribution in [0.25, 0.3) is 10.4 Å². The molecule has 4 atom stereocenters. The molecule has 0 radical (unpaired) electrons. The lowest BCUT2D eigenvalue weighted by Crippen LogP contribution is -2.48. The van der Waals surface area contributed by atoms with E-state index >= 15 is 0 Å². The lowest BCUT2D eigenvalue weighted by Gasteiger charge is -2.29. The summed E-state index contributed by atoms with van der Waals surface area (Å²) in [6, 6.07) is 10.6. The third-order valence-electron chi connectivity index (χ3n) is 7.26. The number of benzene rings is 1. The fraction of sp³-hybridized carbons (Fsp3) is 0.407. The molecule has 0 spiro atoms. The molecule has 194 valence electrons. The molecule has 2 aliphatic heterocycles. The van der Waals surface area contributed by atoms with Crippen LogP contribution in [0.3, 0.4) is 0 Å². The quantitative estimate of drug-likeness (QED) is 0.458. The molecule has 2 aliphatic rings. The van der Waals surface area contributed by atoms with Gasteiger partial charge in [0.2, 0.25) is 5.91 Å². The monoisotopic (exact) mass is 522 g/mol. The smallest absolute Gasteiger partial charge is 0.280 e. The number of carbonyl (C=O) groups is 2. The number of aromatic nitrogens is 1. The van der Waals surface area contributed by atoms with Gasteiger partial charge in [0.25, 0.3) is 11.5 Å². The van der Waals surface area contributed by atoms with Gasteiger partial charge in [-0.05, 0) is 47.9 Å². The van der Waals surface area contributed by atoms with Crippen LogP contribution in [0.5, 0.6) is 0 Å². The molecule has 0 saturated carbocycles. The average molecular weight is 523 g/mol. The second-order valence-electron chi connectivity index (χ2n) is 10.3. The topological polar surface area (TPSA) is 128 Å². The molecule has 3 N–H and O–H groups in total. The molecule has 4 heterocycles. The van der Waals surface area contributed by atoms with Gasteiger partial charge in [-0.15, -0.1) is 11.3 Å². The van der Waals surface area contributed by atoms with Crippen LogP contribution in [0, 0.1) is 12.8 Å². The van der Waals surface area contributed by atoms with Gasteiger partial charge in [0, 0.05) is 23.9 Å². The first kappa shape index (κ1) is 25.2. The first-order valence-corrected chi connectivity index (χ1v) is 13.2. The second-order valence-corrected chi connectivity index (χ2v) is 11.2. The highest BCUT2D eigenvalue weighted by atomic mass is 32.1. The number of amidine groups is 1. The Hall–Kier alpha value is -3.50. The Labute approximate surface area is 218 Å². The second kappa shape index (κ2) is 9.42. The normalized spacial score (nSPS) is 24.4. The summed E-state index contributed by atoms with van der Waals surface area (Å²) >= 11 is 1.67. The van der Waals surface area contributed by atoms with Crippen molar-refractivity contribution in [1.29, 1.82) is 0 Å². The largest absolute Gasteiger partial charge is 0.391 e.